The van der Waals surface area contributed by atoms with Gasteiger partial charge in [0.25, 0.3) is 0 Å². The molecule has 0 radical (unpaired) electrons. The fourth-order valence-corrected chi connectivity index (χ4v) is 1.12. The monoisotopic (exact) mass is 207 g/mol. The van der Waals surface area contributed by atoms with Crippen LogP contribution in [-0.2, 0) is 20.9 Å². The van der Waals surface area contributed by atoms with Crippen LogP contribution in [0.3, 0.4) is 0 Å². The number of allylic oxidation sites excluding steroid dienone is 2. The highest BCUT2D eigenvalue weighted by molar-refractivity contribution is 5.61. The molecule has 5 nitrogen and oxygen atoms in total. The van der Waals surface area contributed by atoms with Gasteiger partial charge in [-0.25, -0.2) is 4.98 Å². The lowest BCUT2D eigenvalue weighted by Gasteiger charge is -2.17. The van der Waals surface area contributed by atoms with E-state index in [0.717, 1.165) is 0 Å². The summed E-state index contributed by atoms with van der Waals surface area (Å²) in [5.74, 6) is 0.904. The van der Waals surface area contributed by atoms with Crippen LogP contribution in [0, 0.1) is 0 Å². The molecule has 1 atom stereocenters. The second-order valence-corrected chi connectivity index (χ2v) is 2.80. The van der Waals surface area contributed by atoms with Crippen molar-refractivity contribution >= 4 is 6.29 Å². The van der Waals surface area contributed by atoms with E-state index in [0.29, 0.717) is 17.9 Å². The molecule has 1 unspecified atom stereocenters. The number of ether oxygens (including phenoxy) is 2. The first kappa shape index (κ1) is 9.51. The van der Waals surface area contributed by atoms with Crippen LogP contribution in [0.5, 0.6) is 0 Å². The molecule has 1 aliphatic heterocycles. The van der Waals surface area contributed by atoms with Gasteiger partial charge in [0.2, 0.25) is 12.0 Å². The number of aromatic nitrogens is 1. The van der Waals surface area contributed by atoms with Crippen LogP contribution in [-0.4, -0.2) is 17.4 Å². The number of carbonyl (C=O) groups is 1. The Morgan fingerprint density at radius 1 is 1.60 bits per heavy atom. The molecule has 1 aromatic heterocycles. The molecule has 0 N–H and O–H groups in total. The van der Waals surface area contributed by atoms with E-state index in [1.54, 1.807) is 12.2 Å². The van der Waals surface area contributed by atoms with Gasteiger partial charge in [-0.2, -0.15) is 0 Å². The summed E-state index contributed by atoms with van der Waals surface area (Å²) in [6, 6.07) is 0. The summed E-state index contributed by atoms with van der Waals surface area (Å²) in [4.78, 5) is 14.5. The van der Waals surface area contributed by atoms with E-state index in [1.165, 1.54) is 18.7 Å². The molecule has 0 saturated carbocycles. The van der Waals surface area contributed by atoms with Gasteiger partial charge in [-0.15, -0.1) is 0 Å². The van der Waals surface area contributed by atoms with Crippen LogP contribution in [0.2, 0.25) is 0 Å². The van der Waals surface area contributed by atoms with Crippen LogP contribution in [0.4, 0.5) is 0 Å². The lowest BCUT2D eigenvalue weighted by atomic mass is 10.2. The Morgan fingerprint density at radius 3 is 3.27 bits per heavy atom. The van der Waals surface area contributed by atoms with Crippen molar-refractivity contribution in [1.82, 2.24) is 4.98 Å². The Morgan fingerprint density at radius 2 is 2.53 bits per heavy atom. The number of rotatable bonds is 4. The smallest absolute Gasteiger partial charge is 0.232 e. The maximum absolute atomic E-state index is 10.6. The molecule has 78 valence electrons. The molecule has 15 heavy (non-hydrogen) atoms. The second-order valence-electron chi connectivity index (χ2n) is 2.80. The molecule has 2 heterocycles. The Hall–Kier alpha value is -2.04. The Kier molecular flexibility index (Phi) is 2.82. The second kappa shape index (κ2) is 4.45. The molecule has 0 spiro atoms. The zero-order valence-corrected chi connectivity index (χ0v) is 7.83. The van der Waals surface area contributed by atoms with E-state index < -0.39 is 6.10 Å². The van der Waals surface area contributed by atoms with E-state index in [-0.39, 0.29) is 6.61 Å². The van der Waals surface area contributed by atoms with Crippen LogP contribution in [0.15, 0.2) is 41.1 Å². The standard InChI is InChI=1S/C10H9NO4/c12-6-9-8(2-1-4-13-9)15-7-10-11-3-5-14-10/h1-6,9H,7H2. The molecule has 5 heteroatoms. The summed E-state index contributed by atoms with van der Waals surface area (Å²) in [6.07, 6.45) is 7.76. The molecule has 0 amide bonds. The van der Waals surface area contributed by atoms with Crippen molar-refractivity contribution in [2.75, 3.05) is 0 Å². The Balaban J connectivity index is 1.95. The van der Waals surface area contributed by atoms with Crippen molar-refractivity contribution in [3.05, 3.63) is 42.5 Å². The predicted molar refractivity (Wildman–Crippen MR) is 49.5 cm³/mol. The highest BCUT2D eigenvalue weighted by atomic mass is 16.5. The fraction of sp³-hybridized carbons (Fsp3) is 0.200. The van der Waals surface area contributed by atoms with Gasteiger partial charge in [-0.05, 0) is 12.2 Å². The summed E-state index contributed by atoms with van der Waals surface area (Å²) in [6.45, 7) is 0.181. The molecule has 0 aliphatic carbocycles. The van der Waals surface area contributed by atoms with E-state index in [1.807, 2.05) is 0 Å². The van der Waals surface area contributed by atoms with Crippen LogP contribution >= 0.6 is 0 Å². The average Bonchev–Trinajstić information content (AvgIpc) is 2.79. The number of hydrogen-bond acceptors (Lipinski definition) is 5. The largest absolute Gasteiger partial charge is 0.484 e. The highest BCUT2D eigenvalue weighted by Crippen LogP contribution is 2.14. The molecule has 0 bridgehead atoms. The minimum absolute atomic E-state index is 0.181. The van der Waals surface area contributed by atoms with Crippen molar-refractivity contribution < 1.29 is 18.7 Å². The van der Waals surface area contributed by atoms with Gasteiger partial charge in [-0.1, -0.05) is 0 Å². The highest BCUT2D eigenvalue weighted by Gasteiger charge is 2.17. The van der Waals surface area contributed by atoms with E-state index in [9.17, 15) is 4.79 Å². The SMILES string of the molecule is O=CC1OC=CC=C1OCc1ncco1. The van der Waals surface area contributed by atoms with E-state index >= 15 is 0 Å². The predicted octanol–water partition coefficient (Wildman–Crippen LogP) is 1.19. The third kappa shape index (κ3) is 2.25. The van der Waals surface area contributed by atoms with Gasteiger partial charge in [0, 0.05) is 0 Å². The summed E-state index contributed by atoms with van der Waals surface area (Å²) in [5, 5.41) is 0. The summed E-state index contributed by atoms with van der Waals surface area (Å²) in [5.41, 5.74) is 0. The Labute approximate surface area is 86.0 Å². The first-order valence-corrected chi connectivity index (χ1v) is 4.39. The van der Waals surface area contributed by atoms with Crippen LogP contribution in [0.25, 0.3) is 0 Å². The summed E-state index contributed by atoms with van der Waals surface area (Å²) in [7, 11) is 0. The quantitative estimate of drug-likeness (QED) is 0.694. The average molecular weight is 207 g/mol. The van der Waals surface area contributed by atoms with Crippen molar-refractivity contribution in [2.24, 2.45) is 0 Å². The van der Waals surface area contributed by atoms with Gasteiger partial charge in [0.1, 0.15) is 12.0 Å². The van der Waals surface area contributed by atoms with E-state index in [4.69, 9.17) is 13.9 Å². The van der Waals surface area contributed by atoms with Gasteiger partial charge >= 0.3 is 0 Å². The molecule has 0 saturated heterocycles. The third-order valence-corrected chi connectivity index (χ3v) is 1.81. The van der Waals surface area contributed by atoms with Crippen molar-refractivity contribution in [2.45, 2.75) is 12.7 Å². The maximum Gasteiger partial charge on any atom is 0.232 e. The van der Waals surface area contributed by atoms with Gasteiger partial charge < -0.3 is 13.9 Å². The van der Waals surface area contributed by atoms with Gasteiger partial charge in [0.05, 0.1) is 12.5 Å². The minimum atomic E-state index is -0.676. The molecule has 2 rings (SSSR count). The molecular weight excluding hydrogens is 198 g/mol. The zero-order chi connectivity index (χ0) is 10.5. The third-order valence-electron chi connectivity index (χ3n) is 1.81. The normalized spacial score (nSPS) is 19.2. The summed E-state index contributed by atoms with van der Waals surface area (Å²) >= 11 is 0. The lowest BCUT2D eigenvalue weighted by molar-refractivity contribution is -0.115. The number of aldehydes is 1. The van der Waals surface area contributed by atoms with E-state index in [2.05, 4.69) is 4.98 Å². The maximum atomic E-state index is 10.6. The van der Waals surface area contributed by atoms with Gasteiger partial charge in [-0.3, -0.25) is 4.79 Å². The fourth-order valence-electron chi connectivity index (χ4n) is 1.12. The number of hydrogen-bond donors (Lipinski definition) is 0. The summed E-state index contributed by atoms with van der Waals surface area (Å²) < 4.78 is 15.3. The van der Waals surface area contributed by atoms with Crippen molar-refractivity contribution in [3.63, 3.8) is 0 Å². The zero-order valence-electron chi connectivity index (χ0n) is 7.83. The van der Waals surface area contributed by atoms with Crippen molar-refractivity contribution in [3.8, 4) is 0 Å². The first-order valence-electron chi connectivity index (χ1n) is 4.39. The first-order chi connectivity index (χ1) is 7.40. The minimum Gasteiger partial charge on any atom is -0.484 e. The number of nitrogens with zero attached hydrogens (tertiary/aromatic N) is 1. The molecule has 0 aromatic carbocycles. The van der Waals surface area contributed by atoms with Crippen LogP contribution < -0.4 is 0 Å². The Bertz CT molecular complexity index is 380. The molecule has 1 aliphatic rings. The number of carbonyl (C=O) groups excluding carboxylic acids is 1. The van der Waals surface area contributed by atoms with Crippen LogP contribution in [0.1, 0.15) is 5.89 Å². The van der Waals surface area contributed by atoms with Gasteiger partial charge in [0.15, 0.2) is 12.9 Å². The lowest BCUT2D eigenvalue weighted by Crippen LogP contribution is -2.19. The molecule has 0 fully saturated rings. The van der Waals surface area contributed by atoms with Crippen molar-refractivity contribution in [1.29, 1.82) is 0 Å². The topological polar surface area (TPSA) is 61.6 Å². The number of oxazole rings is 1. The molecular formula is C10H9NO4. The molecule has 1 aromatic rings.